The smallest absolute Gasteiger partial charge is 0.239 e. The molecule has 6 nitrogen and oxygen atoms in total. The second-order valence-corrected chi connectivity index (χ2v) is 4.75. The Morgan fingerprint density at radius 2 is 2.05 bits per heavy atom. The number of aliphatic imine (C=N–C) groups is 1. The third kappa shape index (κ3) is 6.97. The van der Waals surface area contributed by atoms with Crippen molar-refractivity contribution in [2.75, 3.05) is 26.7 Å². The highest BCUT2D eigenvalue weighted by molar-refractivity contribution is 5.86. The van der Waals surface area contributed by atoms with Crippen molar-refractivity contribution in [1.82, 2.24) is 16.0 Å². The molecule has 0 saturated carbocycles. The summed E-state index contributed by atoms with van der Waals surface area (Å²) < 4.78 is 5.19. The number of carbonyl (C=O) groups excluding carboxylic acids is 1. The van der Waals surface area contributed by atoms with Crippen LogP contribution in [-0.4, -0.2) is 38.6 Å². The number of carbonyl (C=O) groups is 1. The molecule has 1 aromatic carbocycles. The highest BCUT2D eigenvalue weighted by Gasteiger charge is 2.03. The fraction of sp³-hybridized carbons (Fsp3) is 0.500. The van der Waals surface area contributed by atoms with Gasteiger partial charge in [0.1, 0.15) is 5.75 Å². The van der Waals surface area contributed by atoms with E-state index in [0.717, 1.165) is 24.3 Å². The Labute approximate surface area is 132 Å². The standard InChI is InChI=1S/C16H26N4O2/c1-4-9-18-15(21)12-20-16(17-5-2)19-11-13-7-6-8-14(10-13)22-3/h6-8,10H,4-5,9,11-12H2,1-3H3,(H,18,21)(H2,17,19,20). The minimum atomic E-state index is -0.0335. The highest BCUT2D eigenvalue weighted by atomic mass is 16.5. The lowest BCUT2D eigenvalue weighted by Crippen LogP contribution is -2.43. The first-order chi connectivity index (χ1) is 10.7. The molecule has 0 fully saturated rings. The third-order valence-corrected chi connectivity index (χ3v) is 2.89. The minimum Gasteiger partial charge on any atom is -0.497 e. The first-order valence-electron chi connectivity index (χ1n) is 7.61. The molecule has 0 saturated heterocycles. The third-order valence-electron chi connectivity index (χ3n) is 2.89. The quantitative estimate of drug-likeness (QED) is 0.499. The maximum Gasteiger partial charge on any atom is 0.239 e. The predicted octanol–water partition coefficient (Wildman–Crippen LogP) is 1.28. The van der Waals surface area contributed by atoms with Gasteiger partial charge in [0, 0.05) is 13.1 Å². The molecule has 0 aliphatic rings. The first-order valence-corrected chi connectivity index (χ1v) is 7.61. The van der Waals surface area contributed by atoms with Gasteiger partial charge in [-0.15, -0.1) is 0 Å². The maximum absolute atomic E-state index is 11.6. The maximum atomic E-state index is 11.6. The summed E-state index contributed by atoms with van der Waals surface area (Å²) in [6.07, 6.45) is 0.926. The molecule has 0 atom stereocenters. The molecule has 0 unspecified atom stereocenters. The molecule has 0 radical (unpaired) electrons. The summed E-state index contributed by atoms with van der Waals surface area (Å²) in [4.78, 5) is 16.1. The zero-order chi connectivity index (χ0) is 16.2. The van der Waals surface area contributed by atoms with E-state index in [1.54, 1.807) is 7.11 Å². The van der Waals surface area contributed by atoms with E-state index in [2.05, 4.69) is 20.9 Å². The molecule has 0 bridgehead atoms. The summed E-state index contributed by atoms with van der Waals surface area (Å²) in [5.41, 5.74) is 1.05. The molecular formula is C16H26N4O2. The van der Waals surface area contributed by atoms with Crippen LogP contribution in [0.3, 0.4) is 0 Å². The number of ether oxygens (including phenoxy) is 1. The van der Waals surface area contributed by atoms with Gasteiger partial charge in [-0.25, -0.2) is 4.99 Å². The molecule has 0 heterocycles. The number of nitrogens with one attached hydrogen (secondary N) is 3. The Morgan fingerprint density at radius 1 is 1.23 bits per heavy atom. The van der Waals surface area contributed by atoms with E-state index in [1.165, 1.54) is 0 Å². The average Bonchev–Trinajstić information content (AvgIpc) is 2.55. The van der Waals surface area contributed by atoms with Crippen molar-refractivity contribution in [3.8, 4) is 5.75 Å². The number of amides is 1. The Bertz CT molecular complexity index is 489. The predicted molar refractivity (Wildman–Crippen MR) is 89.1 cm³/mol. The van der Waals surface area contributed by atoms with Crippen molar-refractivity contribution in [2.45, 2.75) is 26.8 Å². The zero-order valence-electron chi connectivity index (χ0n) is 13.6. The topological polar surface area (TPSA) is 74.8 Å². The van der Waals surface area contributed by atoms with E-state index in [0.29, 0.717) is 19.0 Å². The number of nitrogens with zero attached hydrogens (tertiary/aromatic N) is 1. The molecule has 0 aliphatic carbocycles. The van der Waals surface area contributed by atoms with Crippen molar-refractivity contribution < 1.29 is 9.53 Å². The molecule has 6 heteroatoms. The lowest BCUT2D eigenvalue weighted by Gasteiger charge is -2.11. The van der Waals surface area contributed by atoms with Crippen LogP contribution in [0, 0.1) is 0 Å². The molecule has 3 N–H and O–H groups in total. The van der Waals surface area contributed by atoms with Gasteiger partial charge in [-0.1, -0.05) is 19.1 Å². The number of rotatable bonds is 8. The van der Waals surface area contributed by atoms with Crippen LogP contribution in [0.1, 0.15) is 25.8 Å². The second kappa shape index (κ2) is 10.5. The number of hydrogen-bond acceptors (Lipinski definition) is 3. The molecule has 0 aliphatic heterocycles. The summed E-state index contributed by atoms with van der Waals surface area (Å²) in [5.74, 6) is 1.40. The van der Waals surface area contributed by atoms with Crippen LogP contribution in [0.4, 0.5) is 0 Å². The van der Waals surface area contributed by atoms with Gasteiger partial charge >= 0.3 is 0 Å². The van der Waals surface area contributed by atoms with Crippen molar-refractivity contribution in [3.05, 3.63) is 29.8 Å². The van der Waals surface area contributed by atoms with Gasteiger partial charge in [-0.2, -0.15) is 0 Å². The Balaban J connectivity index is 2.55. The molecule has 22 heavy (non-hydrogen) atoms. The summed E-state index contributed by atoms with van der Waals surface area (Å²) in [6.45, 7) is 6.17. The number of benzene rings is 1. The monoisotopic (exact) mass is 306 g/mol. The summed E-state index contributed by atoms with van der Waals surface area (Å²) in [5, 5.41) is 8.96. The van der Waals surface area contributed by atoms with Crippen LogP contribution >= 0.6 is 0 Å². The Morgan fingerprint density at radius 3 is 2.73 bits per heavy atom. The van der Waals surface area contributed by atoms with Crippen LogP contribution < -0.4 is 20.7 Å². The molecular weight excluding hydrogens is 280 g/mol. The van der Waals surface area contributed by atoms with Crippen molar-refractivity contribution in [1.29, 1.82) is 0 Å². The Hall–Kier alpha value is -2.24. The van der Waals surface area contributed by atoms with Gasteiger partial charge in [0.2, 0.25) is 5.91 Å². The summed E-state index contributed by atoms with van der Waals surface area (Å²) in [6, 6.07) is 7.77. The largest absolute Gasteiger partial charge is 0.497 e. The van der Waals surface area contributed by atoms with Crippen molar-refractivity contribution >= 4 is 11.9 Å². The van der Waals surface area contributed by atoms with Crippen LogP contribution in [0.15, 0.2) is 29.3 Å². The van der Waals surface area contributed by atoms with Crippen molar-refractivity contribution in [2.24, 2.45) is 4.99 Å². The zero-order valence-corrected chi connectivity index (χ0v) is 13.6. The van der Waals surface area contributed by atoms with Gasteiger partial charge in [0.15, 0.2) is 5.96 Å². The van der Waals surface area contributed by atoms with Crippen LogP contribution in [0.25, 0.3) is 0 Å². The van der Waals surface area contributed by atoms with Gasteiger partial charge in [-0.05, 0) is 31.0 Å². The van der Waals surface area contributed by atoms with Gasteiger partial charge < -0.3 is 20.7 Å². The van der Waals surface area contributed by atoms with Crippen LogP contribution in [0.2, 0.25) is 0 Å². The van der Waals surface area contributed by atoms with E-state index in [-0.39, 0.29) is 12.5 Å². The van der Waals surface area contributed by atoms with E-state index >= 15 is 0 Å². The molecule has 1 aromatic rings. The van der Waals surface area contributed by atoms with Gasteiger partial charge in [-0.3, -0.25) is 4.79 Å². The number of guanidine groups is 1. The molecule has 1 amide bonds. The minimum absolute atomic E-state index is 0.0335. The summed E-state index contributed by atoms with van der Waals surface area (Å²) >= 11 is 0. The highest BCUT2D eigenvalue weighted by Crippen LogP contribution is 2.12. The number of methoxy groups -OCH3 is 1. The second-order valence-electron chi connectivity index (χ2n) is 4.75. The average molecular weight is 306 g/mol. The molecule has 0 aromatic heterocycles. The molecule has 1 rings (SSSR count). The Kier molecular flexibility index (Phi) is 8.49. The SMILES string of the molecule is CCCNC(=O)CNC(=NCc1cccc(OC)c1)NCC. The van der Waals surface area contributed by atoms with E-state index in [4.69, 9.17) is 4.74 Å². The van der Waals surface area contributed by atoms with Crippen LogP contribution in [-0.2, 0) is 11.3 Å². The van der Waals surface area contributed by atoms with Gasteiger partial charge in [0.25, 0.3) is 0 Å². The van der Waals surface area contributed by atoms with Crippen LogP contribution in [0.5, 0.6) is 5.75 Å². The number of hydrogen-bond donors (Lipinski definition) is 3. The lowest BCUT2D eigenvalue weighted by atomic mass is 10.2. The summed E-state index contributed by atoms with van der Waals surface area (Å²) in [7, 11) is 1.64. The normalized spacial score (nSPS) is 11.0. The first kappa shape index (κ1) is 17.8. The fourth-order valence-electron chi connectivity index (χ4n) is 1.77. The van der Waals surface area contributed by atoms with Gasteiger partial charge in [0.05, 0.1) is 20.2 Å². The lowest BCUT2D eigenvalue weighted by molar-refractivity contribution is -0.120. The van der Waals surface area contributed by atoms with E-state index in [1.807, 2.05) is 38.1 Å². The van der Waals surface area contributed by atoms with E-state index < -0.39 is 0 Å². The fourth-order valence-corrected chi connectivity index (χ4v) is 1.77. The van der Waals surface area contributed by atoms with Crippen molar-refractivity contribution in [3.63, 3.8) is 0 Å². The molecule has 0 spiro atoms. The van der Waals surface area contributed by atoms with E-state index in [9.17, 15) is 4.79 Å². The molecule has 122 valence electrons.